The van der Waals surface area contributed by atoms with Gasteiger partial charge in [-0.2, -0.15) is 0 Å². The van der Waals surface area contributed by atoms with Gasteiger partial charge in [0.05, 0.1) is 6.61 Å². The SMILES string of the molecule is CC(C)C[C@H](CO)N[C@H]1CC[C@@H](C)C1. The summed E-state index contributed by atoms with van der Waals surface area (Å²) in [7, 11) is 0. The molecule has 1 aliphatic rings. The molecule has 0 aromatic carbocycles. The summed E-state index contributed by atoms with van der Waals surface area (Å²) >= 11 is 0. The molecule has 0 unspecified atom stereocenters. The van der Waals surface area contributed by atoms with Crippen molar-refractivity contribution in [2.24, 2.45) is 11.8 Å². The van der Waals surface area contributed by atoms with Crippen molar-refractivity contribution in [2.75, 3.05) is 6.61 Å². The van der Waals surface area contributed by atoms with Gasteiger partial charge in [0.15, 0.2) is 0 Å². The summed E-state index contributed by atoms with van der Waals surface area (Å²) in [5.74, 6) is 1.53. The summed E-state index contributed by atoms with van der Waals surface area (Å²) in [6.45, 7) is 7.02. The van der Waals surface area contributed by atoms with E-state index in [0.717, 1.165) is 12.3 Å². The Morgan fingerprint density at radius 2 is 2.07 bits per heavy atom. The van der Waals surface area contributed by atoms with E-state index in [9.17, 15) is 5.11 Å². The average molecular weight is 199 g/mol. The molecular formula is C12H25NO. The molecule has 0 aromatic rings. The van der Waals surface area contributed by atoms with E-state index in [1.54, 1.807) is 0 Å². The van der Waals surface area contributed by atoms with Crippen LogP contribution in [-0.2, 0) is 0 Å². The lowest BCUT2D eigenvalue weighted by molar-refractivity contribution is 0.212. The first-order valence-corrected chi connectivity index (χ1v) is 5.98. The molecule has 1 rings (SSSR count). The Morgan fingerprint density at radius 1 is 1.36 bits per heavy atom. The number of hydrogen-bond acceptors (Lipinski definition) is 2. The smallest absolute Gasteiger partial charge is 0.0584 e. The molecule has 0 aromatic heterocycles. The van der Waals surface area contributed by atoms with E-state index < -0.39 is 0 Å². The molecule has 3 atom stereocenters. The van der Waals surface area contributed by atoms with Crippen molar-refractivity contribution in [1.82, 2.24) is 5.32 Å². The molecule has 0 spiro atoms. The van der Waals surface area contributed by atoms with Crippen LogP contribution in [0, 0.1) is 11.8 Å². The molecule has 0 saturated heterocycles. The fraction of sp³-hybridized carbons (Fsp3) is 1.00. The van der Waals surface area contributed by atoms with E-state index in [1.807, 2.05) is 0 Å². The molecule has 0 aliphatic heterocycles. The molecule has 1 saturated carbocycles. The van der Waals surface area contributed by atoms with Crippen molar-refractivity contribution < 1.29 is 5.11 Å². The highest BCUT2D eigenvalue weighted by Crippen LogP contribution is 2.25. The van der Waals surface area contributed by atoms with Gasteiger partial charge in [-0.3, -0.25) is 0 Å². The molecular weight excluding hydrogens is 174 g/mol. The Bertz CT molecular complexity index is 158. The third-order valence-electron chi connectivity index (χ3n) is 3.14. The van der Waals surface area contributed by atoms with Gasteiger partial charge < -0.3 is 10.4 Å². The lowest BCUT2D eigenvalue weighted by Crippen LogP contribution is -2.40. The second kappa shape index (κ2) is 5.72. The normalized spacial score (nSPS) is 29.8. The summed E-state index contributed by atoms with van der Waals surface area (Å²) in [5.41, 5.74) is 0. The fourth-order valence-corrected chi connectivity index (χ4v) is 2.46. The molecule has 1 aliphatic carbocycles. The van der Waals surface area contributed by atoms with E-state index in [4.69, 9.17) is 0 Å². The van der Waals surface area contributed by atoms with Gasteiger partial charge in [0.1, 0.15) is 0 Å². The van der Waals surface area contributed by atoms with Crippen molar-refractivity contribution >= 4 is 0 Å². The zero-order valence-corrected chi connectivity index (χ0v) is 9.79. The summed E-state index contributed by atoms with van der Waals surface area (Å²) < 4.78 is 0. The summed E-state index contributed by atoms with van der Waals surface area (Å²) in [6, 6.07) is 0.964. The molecule has 84 valence electrons. The fourth-order valence-electron chi connectivity index (χ4n) is 2.46. The first-order chi connectivity index (χ1) is 6.61. The van der Waals surface area contributed by atoms with Gasteiger partial charge in [-0.1, -0.05) is 20.8 Å². The second-order valence-electron chi connectivity index (χ2n) is 5.29. The third-order valence-corrected chi connectivity index (χ3v) is 3.14. The number of aliphatic hydroxyl groups is 1. The molecule has 2 heteroatoms. The van der Waals surface area contributed by atoms with E-state index in [2.05, 4.69) is 26.1 Å². The maximum absolute atomic E-state index is 9.24. The number of aliphatic hydroxyl groups excluding tert-OH is 1. The quantitative estimate of drug-likeness (QED) is 0.711. The van der Waals surface area contributed by atoms with Crippen molar-refractivity contribution in [1.29, 1.82) is 0 Å². The van der Waals surface area contributed by atoms with Crippen LogP contribution in [-0.4, -0.2) is 23.8 Å². The zero-order chi connectivity index (χ0) is 10.6. The largest absolute Gasteiger partial charge is 0.395 e. The van der Waals surface area contributed by atoms with Crippen molar-refractivity contribution in [3.63, 3.8) is 0 Å². The van der Waals surface area contributed by atoms with Crippen molar-refractivity contribution in [3.8, 4) is 0 Å². The highest BCUT2D eigenvalue weighted by Gasteiger charge is 2.23. The minimum atomic E-state index is 0.281. The number of rotatable bonds is 5. The van der Waals surface area contributed by atoms with Crippen LogP contribution < -0.4 is 5.32 Å². The molecule has 0 heterocycles. The molecule has 0 radical (unpaired) electrons. The Balaban J connectivity index is 2.26. The van der Waals surface area contributed by atoms with Gasteiger partial charge in [0.25, 0.3) is 0 Å². The summed E-state index contributed by atoms with van der Waals surface area (Å²) in [5, 5.41) is 12.8. The third kappa shape index (κ3) is 3.97. The lowest BCUT2D eigenvalue weighted by Gasteiger charge is -2.22. The number of nitrogens with one attached hydrogen (secondary N) is 1. The van der Waals surface area contributed by atoms with Crippen molar-refractivity contribution in [2.45, 2.75) is 58.5 Å². The van der Waals surface area contributed by atoms with Crippen LogP contribution in [0.4, 0.5) is 0 Å². The van der Waals surface area contributed by atoms with Crippen LogP contribution >= 0.6 is 0 Å². The maximum atomic E-state index is 9.24. The first-order valence-electron chi connectivity index (χ1n) is 5.98. The molecule has 2 nitrogen and oxygen atoms in total. The Kier molecular flexibility index (Phi) is 4.90. The summed E-state index contributed by atoms with van der Waals surface area (Å²) in [4.78, 5) is 0. The highest BCUT2D eigenvalue weighted by atomic mass is 16.3. The van der Waals surface area contributed by atoms with Gasteiger partial charge in [0.2, 0.25) is 0 Å². The predicted molar refractivity (Wildman–Crippen MR) is 60.3 cm³/mol. The number of hydrogen-bond donors (Lipinski definition) is 2. The van der Waals surface area contributed by atoms with E-state index >= 15 is 0 Å². The molecule has 14 heavy (non-hydrogen) atoms. The Labute approximate surface area is 88.1 Å². The summed E-state index contributed by atoms with van der Waals surface area (Å²) in [6.07, 6.45) is 5.00. The van der Waals surface area contributed by atoms with Crippen LogP contribution in [0.1, 0.15) is 46.5 Å². The van der Waals surface area contributed by atoms with Crippen LogP contribution in [0.3, 0.4) is 0 Å². The topological polar surface area (TPSA) is 32.3 Å². The van der Waals surface area contributed by atoms with Gasteiger partial charge in [-0.15, -0.1) is 0 Å². The van der Waals surface area contributed by atoms with E-state index in [1.165, 1.54) is 19.3 Å². The average Bonchev–Trinajstić information content (AvgIpc) is 2.49. The zero-order valence-electron chi connectivity index (χ0n) is 9.79. The standard InChI is InChI=1S/C12H25NO/c1-9(2)6-12(8-14)13-11-5-4-10(3)7-11/h9-14H,4-8H2,1-3H3/t10-,11+,12-/m1/s1. The van der Waals surface area contributed by atoms with Crippen LogP contribution in [0.5, 0.6) is 0 Å². The minimum Gasteiger partial charge on any atom is -0.395 e. The first kappa shape index (κ1) is 12.0. The maximum Gasteiger partial charge on any atom is 0.0584 e. The molecule has 0 amide bonds. The van der Waals surface area contributed by atoms with E-state index in [-0.39, 0.29) is 6.61 Å². The van der Waals surface area contributed by atoms with Gasteiger partial charge in [-0.05, 0) is 37.5 Å². The van der Waals surface area contributed by atoms with Crippen LogP contribution in [0.15, 0.2) is 0 Å². The molecule has 1 fully saturated rings. The van der Waals surface area contributed by atoms with Gasteiger partial charge >= 0.3 is 0 Å². The van der Waals surface area contributed by atoms with Crippen LogP contribution in [0.2, 0.25) is 0 Å². The van der Waals surface area contributed by atoms with Gasteiger partial charge in [-0.25, -0.2) is 0 Å². The van der Waals surface area contributed by atoms with Crippen molar-refractivity contribution in [3.05, 3.63) is 0 Å². The second-order valence-corrected chi connectivity index (χ2v) is 5.29. The predicted octanol–water partition coefficient (Wildman–Crippen LogP) is 2.17. The Morgan fingerprint density at radius 3 is 2.50 bits per heavy atom. The van der Waals surface area contributed by atoms with Gasteiger partial charge in [0, 0.05) is 12.1 Å². The monoisotopic (exact) mass is 199 g/mol. The molecule has 0 bridgehead atoms. The van der Waals surface area contributed by atoms with Crippen LogP contribution in [0.25, 0.3) is 0 Å². The molecule has 2 N–H and O–H groups in total. The lowest BCUT2D eigenvalue weighted by atomic mass is 10.0. The minimum absolute atomic E-state index is 0.281. The highest BCUT2D eigenvalue weighted by molar-refractivity contribution is 4.81. The van der Waals surface area contributed by atoms with E-state index in [0.29, 0.717) is 18.0 Å². The Hall–Kier alpha value is -0.0800.